The van der Waals surface area contributed by atoms with Crippen LogP contribution in [0.4, 0.5) is 0 Å². The molecule has 100 valence electrons. The first-order valence-corrected chi connectivity index (χ1v) is 6.85. The minimum absolute atomic E-state index is 0.0218. The molecule has 19 heavy (non-hydrogen) atoms. The van der Waals surface area contributed by atoms with Crippen LogP contribution < -0.4 is 5.43 Å². The van der Waals surface area contributed by atoms with Crippen LogP contribution in [0.15, 0.2) is 47.6 Å². The zero-order valence-electron chi connectivity index (χ0n) is 11.1. The molecule has 1 atom stereocenters. The summed E-state index contributed by atoms with van der Waals surface area (Å²) in [5, 5.41) is 4.05. The van der Waals surface area contributed by atoms with Gasteiger partial charge >= 0.3 is 0 Å². The van der Waals surface area contributed by atoms with Crippen molar-refractivity contribution in [2.45, 2.75) is 32.1 Å². The minimum Gasteiger partial charge on any atom is -0.273 e. The van der Waals surface area contributed by atoms with Gasteiger partial charge in [-0.1, -0.05) is 42.5 Å². The lowest BCUT2D eigenvalue weighted by Gasteiger charge is -2.11. The Morgan fingerprint density at radius 3 is 2.89 bits per heavy atom. The van der Waals surface area contributed by atoms with Crippen molar-refractivity contribution in [3.05, 3.63) is 48.0 Å². The van der Waals surface area contributed by atoms with Gasteiger partial charge in [-0.2, -0.15) is 5.10 Å². The molecule has 0 heterocycles. The molecule has 0 unspecified atom stereocenters. The maximum atomic E-state index is 11.6. The van der Waals surface area contributed by atoms with Crippen LogP contribution in [0.25, 0.3) is 0 Å². The van der Waals surface area contributed by atoms with Crippen LogP contribution in [0.1, 0.15) is 31.2 Å². The molecule has 0 radical (unpaired) electrons. The maximum Gasteiger partial charge on any atom is 0.240 e. The van der Waals surface area contributed by atoms with Crippen LogP contribution in [0, 0.1) is 5.92 Å². The van der Waals surface area contributed by atoms with Crippen molar-refractivity contribution >= 4 is 12.1 Å². The highest BCUT2D eigenvalue weighted by Gasteiger charge is 2.06. The van der Waals surface area contributed by atoms with Crippen molar-refractivity contribution in [3.8, 4) is 0 Å². The van der Waals surface area contributed by atoms with Gasteiger partial charge in [0.05, 0.1) is 0 Å². The van der Waals surface area contributed by atoms with Gasteiger partial charge in [0.25, 0.3) is 0 Å². The van der Waals surface area contributed by atoms with Crippen LogP contribution >= 0.6 is 0 Å². The number of allylic oxidation sites excluding steroid dienone is 2. The third-order valence-corrected chi connectivity index (χ3v) is 3.27. The smallest absolute Gasteiger partial charge is 0.240 e. The summed E-state index contributed by atoms with van der Waals surface area (Å²) in [6, 6.07) is 10.0. The van der Waals surface area contributed by atoms with E-state index in [9.17, 15) is 4.79 Å². The molecule has 0 bridgehead atoms. The van der Waals surface area contributed by atoms with E-state index in [2.05, 4.69) is 22.7 Å². The molecule has 1 aliphatic carbocycles. The van der Waals surface area contributed by atoms with E-state index in [1.165, 1.54) is 5.56 Å². The van der Waals surface area contributed by atoms with Gasteiger partial charge in [0.1, 0.15) is 0 Å². The Hall–Kier alpha value is -1.90. The summed E-state index contributed by atoms with van der Waals surface area (Å²) in [6.07, 6.45) is 10.7. The molecule has 2 rings (SSSR count). The molecule has 1 amide bonds. The Bertz CT molecular complexity index is 451. The zero-order valence-corrected chi connectivity index (χ0v) is 11.1. The lowest BCUT2D eigenvalue weighted by molar-refractivity contribution is -0.121. The first-order chi connectivity index (χ1) is 9.34. The third-order valence-electron chi connectivity index (χ3n) is 3.27. The fraction of sp³-hybridized carbons (Fsp3) is 0.375. The largest absolute Gasteiger partial charge is 0.273 e. The van der Waals surface area contributed by atoms with Gasteiger partial charge in [0.2, 0.25) is 5.91 Å². The molecule has 3 heteroatoms. The van der Waals surface area contributed by atoms with Crippen LogP contribution in [-0.4, -0.2) is 12.1 Å². The highest BCUT2D eigenvalue weighted by molar-refractivity contribution is 5.77. The van der Waals surface area contributed by atoms with Gasteiger partial charge in [-0.05, 0) is 37.2 Å². The van der Waals surface area contributed by atoms with Gasteiger partial charge in [-0.15, -0.1) is 0 Å². The number of carbonyl (C=O) groups excluding carboxylic acids is 1. The summed E-state index contributed by atoms with van der Waals surface area (Å²) in [5.74, 6) is 0.450. The molecule has 0 fully saturated rings. The van der Waals surface area contributed by atoms with Gasteiger partial charge in [-0.3, -0.25) is 4.79 Å². The van der Waals surface area contributed by atoms with Crippen LogP contribution in [-0.2, 0) is 11.2 Å². The lowest BCUT2D eigenvalue weighted by atomic mass is 9.96. The Morgan fingerprint density at radius 1 is 1.32 bits per heavy atom. The molecule has 0 saturated carbocycles. The van der Waals surface area contributed by atoms with E-state index in [4.69, 9.17) is 0 Å². The molecule has 0 spiro atoms. The SMILES string of the molecule is O=C(CCc1ccccc1)NN=C[C@@H]1CC=CCC1. The minimum atomic E-state index is -0.0218. The molecule has 1 aliphatic rings. The zero-order chi connectivity index (χ0) is 13.3. The van der Waals surface area contributed by atoms with Crippen molar-refractivity contribution in [1.82, 2.24) is 5.43 Å². The Kier molecular flexibility index (Phi) is 5.35. The van der Waals surface area contributed by atoms with E-state index >= 15 is 0 Å². The number of hydrogen-bond donors (Lipinski definition) is 1. The van der Waals surface area contributed by atoms with Crippen LogP contribution in [0.3, 0.4) is 0 Å². The quantitative estimate of drug-likeness (QED) is 0.491. The van der Waals surface area contributed by atoms with Gasteiger partial charge in [-0.25, -0.2) is 5.43 Å². The highest BCUT2D eigenvalue weighted by Crippen LogP contribution is 2.15. The molecular weight excluding hydrogens is 236 g/mol. The molecule has 3 nitrogen and oxygen atoms in total. The van der Waals surface area contributed by atoms with Crippen molar-refractivity contribution < 1.29 is 4.79 Å². The second-order valence-electron chi connectivity index (χ2n) is 4.84. The number of benzene rings is 1. The average Bonchev–Trinajstić information content (AvgIpc) is 2.47. The van der Waals surface area contributed by atoms with Gasteiger partial charge in [0.15, 0.2) is 0 Å². The topological polar surface area (TPSA) is 41.5 Å². The molecule has 0 saturated heterocycles. The summed E-state index contributed by atoms with van der Waals surface area (Å²) < 4.78 is 0. The number of hydrogen-bond acceptors (Lipinski definition) is 2. The number of rotatable bonds is 5. The van der Waals surface area contributed by atoms with E-state index in [0.29, 0.717) is 12.3 Å². The second-order valence-corrected chi connectivity index (χ2v) is 4.84. The number of nitrogens with zero attached hydrogens (tertiary/aromatic N) is 1. The molecule has 1 N–H and O–H groups in total. The van der Waals surface area contributed by atoms with E-state index in [1.54, 1.807) is 0 Å². The first kappa shape index (κ1) is 13.5. The van der Waals surface area contributed by atoms with Crippen molar-refractivity contribution in [1.29, 1.82) is 0 Å². The van der Waals surface area contributed by atoms with Crippen LogP contribution in [0.5, 0.6) is 0 Å². The fourth-order valence-corrected chi connectivity index (χ4v) is 2.13. The predicted octanol–water partition coefficient (Wildman–Crippen LogP) is 3.08. The predicted molar refractivity (Wildman–Crippen MR) is 77.9 cm³/mol. The van der Waals surface area contributed by atoms with E-state index in [0.717, 1.165) is 25.7 Å². The number of amides is 1. The molecular formula is C16H20N2O. The second kappa shape index (κ2) is 7.52. The Balaban J connectivity index is 1.67. The lowest BCUT2D eigenvalue weighted by Crippen LogP contribution is -2.19. The Labute approximate surface area is 114 Å². The molecule has 1 aromatic rings. The van der Waals surface area contributed by atoms with E-state index in [1.807, 2.05) is 36.5 Å². The molecule has 1 aromatic carbocycles. The van der Waals surface area contributed by atoms with Crippen LogP contribution in [0.2, 0.25) is 0 Å². The van der Waals surface area contributed by atoms with Gasteiger partial charge in [0, 0.05) is 12.6 Å². The Morgan fingerprint density at radius 2 is 2.16 bits per heavy atom. The standard InChI is InChI=1S/C16H20N2O/c19-16(12-11-14-7-3-1-4-8-14)18-17-13-15-9-5-2-6-10-15/h1-5,7-8,13,15H,6,9-12H2,(H,18,19)/t15-/m1/s1. The average molecular weight is 256 g/mol. The van der Waals surface area contributed by atoms with E-state index < -0.39 is 0 Å². The maximum absolute atomic E-state index is 11.6. The fourth-order valence-electron chi connectivity index (χ4n) is 2.13. The normalized spacial score (nSPS) is 18.6. The monoisotopic (exact) mass is 256 g/mol. The third kappa shape index (κ3) is 5.08. The van der Waals surface area contributed by atoms with E-state index in [-0.39, 0.29) is 5.91 Å². The van der Waals surface area contributed by atoms with Crippen molar-refractivity contribution in [2.24, 2.45) is 11.0 Å². The molecule has 0 aromatic heterocycles. The number of carbonyl (C=O) groups is 1. The summed E-state index contributed by atoms with van der Waals surface area (Å²) in [6.45, 7) is 0. The van der Waals surface area contributed by atoms with Crippen molar-refractivity contribution in [2.75, 3.05) is 0 Å². The summed E-state index contributed by atoms with van der Waals surface area (Å²) in [7, 11) is 0. The highest BCUT2D eigenvalue weighted by atomic mass is 16.2. The summed E-state index contributed by atoms with van der Waals surface area (Å²) in [4.78, 5) is 11.6. The van der Waals surface area contributed by atoms with Gasteiger partial charge < -0.3 is 0 Å². The molecule has 0 aliphatic heterocycles. The number of hydrazone groups is 1. The number of aryl methyl sites for hydroxylation is 1. The van der Waals surface area contributed by atoms with Crippen molar-refractivity contribution in [3.63, 3.8) is 0 Å². The number of nitrogens with one attached hydrogen (secondary N) is 1. The first-order valence-electron chi connectivity index (χ1n) is 6.85. The summed E-state index contributed by atoms with van der Waals surface area (Å²) in [5.41, 5.74) is 3.79. The summed E-state index contributed by atoms with van der Waals surface area (Å²) >= 11 is 0.